The minimum absolute atomic E-state index is 0.0278. The summed E-state index contributed by atoms with van der Waals surface area (Å²) in [6.07, 6.45) is 0.864. The number of ether oxygens (including phenoxy) is 2. The second kappa shape index (κ2) is 11.4. The van der Waals surface area contributed by atoms with Crippen LogP contribution in [0.4, 0.5) is 0 Å². The summed E-state index contributed by atoms with van der Waals surface area (Å²) < 4.78 is 9.63. The average molecular weight is 221 g/mol. The first-order chi connectivity index (χ1) is 7.35. The Hall–Kier alpha value is -0.690. The van der Waals surface area contributed by atoms with Gasteiger partial charge in [-0.3, -0.25) is 4.79 Å². The molecule has 0 unspecified atom stereocenters. The average Bonchev–Trinajstić information content (AvgIpc) is 2.32. The molecule has 0 aromatic heterocycles. The molecule has 1 saturated heterocycles. The summed E-state index contributed by atoms with van der Waals surface area (Å²) in [6, 6.07) is 0. The number of rotatable bonds is 5. The first-order valence-electron chi connectivity index (χ1n) is 4.91. The van der Waals surface area contributed by atoms with E-state index >= 15 is 0 Å². The van der Waals surface area contributed by atoms with Gasteiger partial charge in [-0.1, -0.05) is 0 Å². The molecular weight excluding hydrogens is 202 g/mol. The second-order valence-electron chi connectivity index (χ2n) is 2.81. The van der Waals surface area contributed by atoms with Crippen molar-refractivity contribution in [2.45, 2.75) is 0 Å². The smallest absolute Gasteiger partial charge is 0.209 e. The van der Waals surface area contributed by atoms with Crippen molar-refractivity contribution in [1.82, 2.24) is 4.90 Å². The third kappa shape index (κ3) is 9.61. The Bertz CT molecular complexity index is 134. The zero-order valence-electron chi connectivity index (χ0n) is 8.80. The zero-order valence-corrected chi connectivity index (χ0v) is 8.80. The molecule has 1 heterocycles. The molecule has 90 valence electrons. The van der Waals surface area contributed by atoms with Gasteiger partial charge in [-0.25, -0.2) is 0 Å². The van der Waals surface area contributed by atoms with E-state index in [0.29, 0.717) is 26.4 Å². The lowest BCUT2D eigenvalue weighted by atomic mass is 10.5. The molecule has 0 saturated carbocycles. The number of nitrogens with zero attached hydrogens (tertiary/aromatic N) is 1. The fourth-order valence-corrected chi connectivity index (χ4v) is 0.914. The Balaban J connectivity index is 0.000000265. The van der Waals surface area contributed by atoms with Gasteiger partial charge in [-0.2, -0.15) is 0 Å². The lowest BCUT2D eigenvalue weighted by molar-refractivity contribution is -0.121. The van der Waals surface area contributed by atoms with E-state index in [1.807, 2.05) is 0 Å². The largest absolute Gasteiger partial charge is 0.394 e. The number of aliphatic hydroxyl groups excluding tert-OH is 2. The molecule has 1 fully saturated rings. The van der Waals surface area contributed by atoms with Crippen molar-refractivity contribution in [1.29, 1.82) is 0 Å². The molecule has 0 bridgehead atoms. The molecule has 0 aromatic carbocycles. The Kier molecular flexibility index (Phi) is 10.9. The van der Waals surface area contributed by atoms with Crippen LogP contribution in [0, 0.1) is 0 Å². The fourth-order valence-electron chi connectivity index (χ4n) is 0.914. The first-order valence-corrected chi connectivity index (χ1v) is 4.91. The van der Waals surface area contributed by atoms with Crippen molar-refractivity contribution in [3.05, 3.63) is 0 Å². The van der Waals surface area contributed by atoms with E-state index < -0.39 is 0 Å². The normalized spacial score (nSPS) is 15.5. The Labute approximate surface area is 89.4 Å². The van der Waals surface area contributed by atoms with Gasteiger partial charge in [-0.15, -0.1) is 0 Å². The van der Waals surface area contributed by atoms with Crippen molar-refractivity contribution >= 4 is 6.41 Å². The maximum absolute atomic E-state index is 10.0. The third-order valence-corrected chi connectivity index (χ3v) is 1.67. The van der Waals surface area contributed by atoms with Crippen molar-refractivity contribution in [2.75, 3.05) is 52.7 Å². The van der Waals surface area contributed by atoms with Gasteiger partial charge in [0, 0.05) is 13.1 Å². The first kappa shape index (κ1) is 14.3. The number of amides is 1. The van der Waals surface area contributed by atoms with Gasteiger partial charge >= 0.3 is 0 Å². The van der Waals surface area contributed by atoms with E-state index in [9.17, 15) is 4.79 Å². The molecule has 15 heavy (non-hydrogen) atoms. The van der Waals surface area contributed by atoms with Crippen LogP contribution in [-0.2, 0) is 14.3 Å². The summed E-state index contributed by atoms with van der Waals surface area (Å²) in [6.45, 7) is 3.59. The van der Waals surface area contributed by atoms with Gasteiger partial charge in [0.2, 0.25) is 6.41 Å². The van der Waals surface area contributed by atoms with Crippen LogP contribution in [0.25, 0.3) is 0 Å². The molecule has 1 amide bonds. The zero-order chi connectivity index (χ0) is 11.4. The molecule has 0 aliphatic carbocycles. The van der Waals surface area contributed by atoms with Crippen LogP contribution in [0.5, 0.6) is 0 Å². The molecule has 0 radical (unpaired) electrons. The molecule has 0 aromatic rings. The standard InChI is InChI=1S/C5H9NO2.C4H10O3/c7-5-6-1-3-8-4-2-6;5-1-3-7-4-2-6/h5H,1-4H2;5-6H,1-4H2. The molecule has 1 rings (SSSR count). The van der Waals surface area contributed by atoms with E-state index in [1.54, 1.807) is 4.90 Å². The molecule has 6 heteroatoms. The number of hydrogen-bond donors (Lipinski definition) is 2. The Morgan fingerprint density at radius 3 is 2.07 bits per heavy atom. The van der Waals surface area contributed by atoms with E-state index in [0.717, 1.165) is 19.5 Å². The maximum atomic E-state index is 10.0. The van der Waals surface area contributed by atoms with Crippen LogP contribution in [0.2, 0.25) is 0 Å². The van der Waals surface area contributed by atoms with Crippen LogP contribution in [-0.4, -0.2) is 74.3 Å². The number of carbonyl (C=O) groups excluding carboxylic acids is 1. The van der Waals surface area contributed by atoms with Crippen LogP contribution < -0.4 is 0 Å². The molecule has 0 atom stereocenters. The minimum Gasteiger partial charge on any atom is -0.394 e. The van der Waals surface area contributed by atoms with Crippen LogP contribution in [0.1, 0.15) is 0 Å². The van der Waals surface area contributed by atoms with Gasteiger partial charge in [-0.05, 0) is 0 Å². The second-order valence-corrected chi connectivity index (χ2v) is 2.81. The highest BCUT2D eigenvalue weighted by Crippen LogP contribution is 1.90. The van der Waals surface area contributed by atoms with Crippen molar-refractivity contribution in [2.24, 2.45) is 0 Å². The SMILES string of the molecule is O=CN1CCOCC1.OCCOCCO. The molecule has 1 aliphatic heterocycles. The highest BCUT2D eigenvalue weighted by atomic mass is 16.5. The predicted octanol–water partition coefficient (Wildman–Crippen LogP) is -1.54. The lowest BCUT2D eigenvalue weighted by Crippen LogP contribution is -2.34. The summed E-state index contributed by atoms with van der Waals surface area (Å²) in [5.41, 5.74) is 0. The summed E-state index contributed by atoms with van der Waals surface area (Å²) in [4.78, 5) is 11.7. The highest BCUT2D eigenvalue weighted by Gasteiger charge is 2.05. The lowest BCUT2D eigenvalue weighted by Gasteiger charge is -2.21. The monoisotopic (exact) mass is 221 g/mol. The molecular formula is C9H19NO5. The van der Waals surface area contributed by atoms with E-state index in [-0.39, 0.29) is 13.2 Å². The summed E-state index contributed by atoms with van der Waals surface area (Å²) in [5, 5.41) is 16.2. The topological polar surface area (TPSA) is 79.2 Å². The van der Waals surface area contributed by atoms with Crippen LogP contribution >= 0.6 is 0 Å². The quantitative estimate of drug-likeness (QED) is 0.434. The fraction of sp³-hybridized carbons (Fsp3) is 0.889. The molecule has 2 N–H and O–H groups in total. The molecule has 1 aliphatic rings. The van der Waals surface area contributed by atoms with Crippen molar-refractivity contribution < 1.29 is 24.5 Å². The maximum Gasteiger partial charge on any atom is 0.209 e. The van der Waals surface area contributed by atoms with Crippen LogP contribution in [0.15, 0.2) is 0 Å². The van der Waals surface area contributed by atoms with E-state index in [1.165, 1.54) is 0 Å². The van der Waals surface area contributed by atoms with Gasteiger partial charge in [0.15, 0.2) is 0 Å². The van der Waals surface area contributed by atoms with Crippen molar-refractivity contribution in [3.8, 4) is 0 Å². The van der Waals surface area contributed by atoms with E-state index in [2.05, 4.69) is 4.74 Å². The minimum atomic E-state index is 0.0278. The molecule has 0 spiro atoms. The molecule has 6 nitrogen and oxygen atoms in total. The summed E-state index contributed by atoms with van der Waals surface area (Å²) >= 11 is 0. The summed E-state index contributed by atoms with van der Waals surface area (Å²) in [5.74, 6) is 0. The van der Waals surface area contributed by atoms with Gasteiger partial charge in [0.1, 0.15) is 0 Å². The summed E-state index contributed by atoms with van der Waals surface area (Å²) in [7, 11) is 0. The highest BCUT2D eigenvalue weighted by molar-refractivity contribution is 5.46. The number of carbonyl (C=O) groups is 1. The Morgan fingerprint density at radius 2 is 1.73 bits per heavy atom. The number of hydrogen-bond acceptors (Lipinski definition) is 5. The van der Waals surface area contributed by atoms with Gasteiger partial charge in [0.25, 0.3) is 0 Å². The van der Waals surface area contributed by atoms with Gasteiger partial charge in [0.05, 0.1) is 39.6 Å². The van der Waals surface area contributed by atoms with E-state index in [4.69, 9.17) is 14.9 Å². The third-order valence-electron chi connectivity index (χ3n) is 1.67. The van der Waals surface area contributed by atoms with Crippen molar-refractivity contribution in [3.63, 3.8) is 0 Å². The number of aliphatic hydroxyl groups is 2. The van der Waals surface area contributed by atoms with Crippen LogP contribution in [0.3, 0.4) is 0 Å². The predicted molar refractivity (Wildman–Crippen MR) is 53.4 cm³/mol. The Morgan fingerprint density at radius 1 is 1.20 bits per heavy atom. The number of morpholine rings is 1. The van der Waals surface area contributed by atoms with Gasteiger partial charge < -0.3 is 24.6 Å².